The minimum absolute atomic E-state index is 0.199. The van der Waals surface area contributed by atoms with Crippen LogP contribution < -0.4 is 4.90 Å². The van der Waals surface area contributed by atoms with Gasteiger partial charge in [0.15, 0.2) is 0 Å². The molecule has 1 aromatic rings. The van der Waals surface area contributed by atoms with Gasteiger partial charge in [-0.2, -0.15) is 5.26 Å². The maximum absolute atomic E-state index is 11.3. The fraction of sp³-hybridized carbons (Fsp3) is 0.462. The number of piperidine rings is 1. The Kier molecular flexibility index (Phi) is 3.38. The molecule has 0 amide bonds. The summed E-state index contributed by atoms with van der Waals surface area (Å²) >= 11 is 0. The molecule has 1 aromatic heterocycles. The van der Waals surface area contributed by atoms with E-state index in [0.717, 1.165) is 31.7 Å². The van der Waals surface area contributed by atoms with E-state index < -0.39 is 0 Å². The van der Waals surface area contributed by atoms with E-state index in [-0.39, 0.29) is 11.7 Å². The van der Waals surface area contributed by atoms with Crippen molar-refractivity contribution in [2.45, 2.75) is 19.8 Å². The second kappa shape index (κ2) is 4.96. The van der Waals surface area contributed by atoms with Gasteiger partial charge in [0.2, 0.25) is 0 Å². The molecule has 0 spiro atoms. The number of carbonyl (C=O) groups excluding carboxylic acids is 1. The van der Waals surface area contributed by atoms with E-state index >= 15 is 0 Å². The smallest absolute Gasteiger partial charge is 0.133 e. The lowest BCUT2D eigenvalue weighted by Gasteiger charge is -2.31. The van der Waals surface area contributed by atoms with Gasteiger partial charge in [-0.3, -0.25) is 4.79 Å². The molecular formula is C13H15N3O. The Labute approximate surface area is 101 Å². The third-order valence-electron chi connectivity index (χ3n) is 3.27. The number of anilines is 1. The summed E-state index contributed by atoms with van der Waals surface area (Å²) in [5.41, 5.74) is 0.628. The first-order chi connectivity index (χ1) is 8.20. The minimum atomic E-state index is 0.199. The van der Waals surface area contributed by atoms with Crippen LogP contribution in [0.3, 0.4) is 0 Å². The van der Waals surface area contributed by atoms with E-state index in [1.165, 1.54) is 0 Å². The number of hydrogen-bond donors (Lipinski definition) is 0. The molecule has 0 bridgehead atoms. The third kappa shape index (κ3) is 2.62. The number of hydrogen-bond acceptors (Lipinski definition) is 4. The molecule has 4 nitrogen and oxygen atoms in total. The number of carbonyl (C=O) groups is 1. The number of rotatable bonds is 2. The van der Waals surface area contributed by atoms with E-state index in [4.69, 9.17) is 5.26 Å². The van der Waals surface area contributed by atoms with Crippen molar-refractivity contribution < 1.29 is 4.79 Å². The number of nitriles is 1. The predicted octanol–water partition coefficient (Wildman–Crippen LogP) is 1.76. The largest absolute Gasteiger partial charge is 0.357 e. The fourth-order valence-corrected chi connectivity index (χ4v) is 2.18. The average molecular weight is 229 g/mol. The third-order valence-corrected chi connectivity index (χ3v) is 3.27. The van der Waals surface area contributed by atoms with E-state index in [2.05, 4.69) is 16.0 Å². The summed E-state index contributed by atoms with van der Waals surface area (Å²) in [4.78, 5) is 17.7. The van der Waals surface area contributed by atoms with Gasteiger partial charge in [-0.25, -0.2) is 4.98 Å². The van der Waals surface area contributed by atoms with Crippen LogP contribution >= 0.6 is 0 Å². The summed E-state index contributed by atoms with van der Waals surface area (Å²) in [5.74, 6) is 1.32. The van der Waals surface area contributed by atoms with Crippen molar-refractivity contribution >= 4 is 11.6 Å². The molecule has 1 aliphatic heterocycles. The zero-order chi connectivity index (χ0) is 12.3. The van der Waals surface area contributed by atoms with E-state index in [1.54, 1.807) is 25.3 Å². The predicted molar refractivity (Wildman–Crippen MR) is 64.6 cm³/mol. The molecule has 0 N–H and O–H groups in total. The van der Waals surface area contributed by atoms with Gasteiger partial charge in [0.05, 0.1) is 11.6 Å². The molecule has 2 heterocycles. The molecule has 1 aliphatic rings. The van der Waals surface area contributed by atoms with Gasteiger partial charge in [0, 0.05) is 25.2 Å². The SMILES string of the molecule is CC(=O)C1CCN(c2cc(C#N)ccn2)CC1. The first-order valence-corrected chi connectivity index (χ1v) is 5.82. The van der Waals surface area contributed by atoms with E-state index in [1.807, 2.05) is 0 Å². The molecule has 0 atom stereocenters. The van der Waals surface area contributed by atoms with Gasteiger partial charge in [-0.1, -0.05) is 0 Å². The molecule has 0 unspecified atom stereocenters. The van der Waals surface area contributed by atoms with Crippen molar-refractivity contribution in [1.82, 2.24) is 4.98 Å². The average Bonchev–Trinajstić information content (AvgIpc) is 2.39. The highest BCUT2D eigenvalue weighted by Gasteiger charge is 2.22. The summed E-state index contributed by atoms with van der Waals surface area (Å²) in [6.07, 6.45) is 3.42. The summed E-state index contributed by atoms with van der Waals surface area (Å²) in [6.45, 7) is 3.34. The molecule has 2 rings (SSSR count). The van der Waals surface area contributed by atoms with Gasteiger partial charge in [-0.05, 0) is 31.9 Å². The second-order valence-electron chi connectivity index (χ2n) is 4.39. The van der Waals surface area contributed by atoms with Crippen LogP contribution in [0.15, 0.2) is 18.3 Å². The quantitative estimate of drug-likeness (QED) is 0.775. The number of Topliss-reactive ketones (excluding diaryl/α,β-unsaturated/α-hetero) is 1. The van der Waals surface area contributed by atoms with Crippen molar-refractivity contribution in [3.05, 3.63) is 23.9 Å². The lowest BCUT2D eigenvalue weighted by molar-refractivity contribution is -0.121. The minimum Gasteiger partial charge on any atom is -0.357 e. The zero-order valence-electron chi connectivity index (χ0n) is 9.89. The molecule has 0 radical (unpaired) electrons. The van der Waals surface area contributed by atoms with Crippen LogP contribution in [0.5, 0.6) is 0 Å². The fourth-order valence-electron chi connectivity index (χ4n) is 2.18. The summed E-state index contributed by atoms with van der Waals surface area (Å²) in [5, 5.41) is 8.83. The van der Waals surface area contributed by atoms with E-state index in [9.17, 15) is 4.79 Å². The second-order valence-corrected chi connectivity index (χ2v) is 4.39. The Bertz CT molecular complexity index is 456. The molecule has 17 heavy (non-hydrogen) atoms. The Morgan fingerprint density at radius 1 is 1.53 bits per heavy atom. The van der Waals surface area contributed by atoms with Crippen LogP contribution in [0.2, 0.25) is 0 Å². The van der Waals surface area contributed by atoms with Crippen LogP contribution in [-0.2, 0) is 4.79 Å². The maximum Gasteiger partial charge on any atom is 0.133 e. The lowest BCUT2D eigenvalue weighted by atomic mass is 9.93. The maximum atomic E-state index is 11.3. The van der Waals surface area contributed by atoms with Gasteiger partial charge >= 0.3 is 0 Å². The van der Waals surface area contributed by atoms with Crippen molar-refractivity contribution in [3.63, 3.8) is 0 Å². The summed E-state index contributed by atoms with van der Waals surface area (Å²) < 4.78 is 0. The van der Waals surface area contributed by atoms with Crippen LogP contribution in [-0.4, -0.2) is 23.9 Å². The number of ketones is 1. The number of aromatic nitrogens is 1. The molecule has 1 saturated heterocycles. The van der Waals surface area contributed by atoms with Gasteiger partial charge in [0.1, 0.15) is 11.6 Å². The van der Waals surface area contributed by atoms with Crippen LogP contribution in [0.1, 0.15) is 25.3 Å². The zero-order valence-corrected chi connectivity index (χ0v) is 9.89. The van der Waals surface area contributed by atoms with Gasteiger partial charge in [-0.15, -0.1) is 0 Å². The van der Waals surface area contributed by atoms with Crippen LogP contribution in [0, 0.1) is 17.2 Å². The molecule has 0 saturated carbocycles. The topological polar surface area (TPSA) is 57.0 Å². The van der Waals surface area contributed by atoms with Crippen molar-refractivity contribution in [1.29, 1.82) is 5.26 Å². The standard InChI is InChI=1S/C13H15N3O/c1-10(17)12-3-6-16(7-4-12)13-8-11(9-14)2-5-15-13/h2,5,8,12H,3-4,6-7H2,1H3. The van der Waals surface area contributed by atoms with Crippen molar-refractivity contribution in [3.8, 4) is 6.07 Å². The molecule has 0 aliphatic carbocycles. The first-order valence-electron chi connectivity index (χ1n) is 5.82. The highest BCUT2D eigenvalue weighted by atomic mass is 16.1. The lowest BCUT2D eigenvalue weighted by Crippen LogP contribution is -2.36. The van der Waals surface area contributed by atoms with Crippen molar-refractivity contribution in [2.24, 2.45) is 5.92 Å². The number of nitrogens with zero attached hydrogens (tertiary/aromatic N) is 3. The monoisotopic (exact) mass is 229 g/mol. The molecule has 88 valence electrons. The molecule has 4 heteroatoms. The van der Waals surface area contributed by atoms with Gasteiger partial charge < -0.3 is 4.90 Å². The van der Waals surface area contributed by atoms with Gasteiger partial charge in [0.25, 0.3) is 0 Å². The summed E-state index contributed by atoms with van der Waals surface area (Å²) in [7, 11) is 0. The number of pyridine rings is 1. The molecule has 0 aromatic carbocycles. The Hall–Kier alpha value is -1.89. The van der Waals surface area contributed by atoms with Crippen LogP contribution in [0.25, 0.3) is 0 Å². The first kappa shape index (κ1) is 11.6. The summed E-state index contributed by atoms with van der Waals surface area (Å²) in [6, 6.07) is 5.61. The van der Waals surface area contributed by atoms with E-state index in [0.29, 0.717) is 5.56 Å². The molecule has 1 fully saturated rings. The highest BCUT2D eigenvalue weighted by molar-refractivity contribution is 5.78. The Balaban J connectivity index is 2.05. The van der Waals surface area contributed by atoms with Crippen LogP contribution in [0.4, 0.5) is 5.82 Å². The Morgan fingerprint density at radius 3 is 2.82 bits per heavy atom. The van der Waals surface area contributed by atoms with Crippen molar-refractivity contribution in [2.75, 3.05) is 18.0 Å². The normalized spacial score (nSPS) is 16.6. The molecular weight excluding hydrogens is 214 g/mol. The highest BCUT2D eigenvalue weighted by Crippen LogP contribution is 2.22. The Morgan fingerprint density at radius 2 is 2.24 bits per heavy atom.